The summed E-state index contributed by atoms with van der Waals surface area (Å²) in [7, 11) is 0. The van der Waals surface area contributed by atoms with Crippen LogP contribution in [-0.2, 0) is 19.1 Å². The number of halogens is 3. The molecule has 1 aliphatic rings. The molecule has 4 nitrogen and oxygen atoms in total. The van der Waals surface area contributed by atoms with E-state index in [-0.39, 0.29) is 25.1 Å². The van der Waals surface area contributed by atoms with Gasteiger partial charge in [-0.1, -0.05) is 0 Å². The van der Waals surface area contributed by atoms with Crippen LogP contribution in [-0.4, -0.2) is 27.3 Å². The van der Waals surface area contributed by atoms with Crippen LogP contribution >= 0.6 is 0 Å². The Morgan fingerprint density at radius 1 is 1.35 bits per heavy atom. The summed E-state index contributed by atoms with van der Waals surface area (Å²) in [5.41, 5.74) is -1.13. The number of hydrogen-bond donors (Lipinski definition) is 1. The molecule has 1 N–H and O–H groups in total. The Balaban J connectivity index is 2.57. The van der Waals surface area contributed by atoms with Gasteiger partial charge in [-0.25, -0.2) is 0 Å². The van der Waals surface area contributed by atoms with E-state index in [1.54, 1.807) is 0 Å². The number of rotatable bonds is 2. The minimum Gasteiger partial charge on any atom is -0.394 e. The Morgan fingerprint density at radius 3 is 2.65 bits per heavy atom. The largest absolute Gasteiger partial charge is 0.435 e. The molecule has 1 aliphatic carbocycles. The first-order valence-corrected chi connectivity index (χ1v) is 5.26. The van der Waals surface area contributed by atoms with E-state index in [0.717, 1.165) is 4.68 Å². The fourth-order valence-electron chi connectivity index (χ4n) is 2.06. The average molecular weight is 248 g/mol. The van der Waals surface area contributed by atoms with Gasteiger partial charge in [-0.2, -0.15) is 18.3 Å². The van der Waals surface area contributed by atoms with Gasteiger partial charge in [0, 0.05) is 12.1 Å². The lowest BCUT2D eigenvalue weighted by molar-refractivity contribution is -0.141. The van der Waals surface area contributed by atoms with E-state index >= 15 is 0 Å². The molecule has 0 unspecified atom stereocenters. The molecule has 1 heterocycles. The third-order valence-electron chi connectivity index (χ3n) is 2.73. The van der Waals surface area contributed by atoms with Crippen LogP contribution in [0, 0.1) is 0 Å². The third-order valence-corrected chi connectivity index (χ3v) is 2.73. The Labute approximate surface area is 95.0 Å². The smallest absolute Gasteiger partial charge is 0.394 e. The highest BCUT2D eigenvalue weighted by Gasteiger charge is 2.41. The number of aromatic nitrogens is 2. The first-order valence-electron chi connectivity index (χ1n) is 5.26. The average Bonchev–Trinajstić information content (AvgIpc) is 2.59. The molecule has 1 aromatic rings. The predicted molar refractivity (Wildman–Crippen MR) is 51.6 cm³/mol. The van der Waals surface area contributed by atoms with E-state index in [1.165, 1.54) is 0 Å². The Bertz CT molecular complexity index is 451. The highest BCUT2D eigenvalue weighted by atomic mass is 19.4. The van der Waals surface area contributed by atoms with Crippen molar-refractivity contribution in [1.82, 2.24) is 9.78 Å². The number of nitrogens with zero attached hydrogens (tertiary/aromatic N) is 2. The second kappa shape index (κ2) is 4.14. The lowest BCUT2D eigenvalue weighted by Crippen LogP contribution is -2.17. The van der Waals surface area contributed by atoms with Crippen molar-refractivity contribution in [2.24, 2.45) is 0 Å². The summed E-state index contributed by atoms with van der Waals surface area (Å²) in [4.78, 5) is 11.6. The minimum atomic E-state index is -4.63. The van der Waals surface area contributed by atoms with Crippen molar-refractivity contribution >= 4 is 5.78 Å². The van der Waals surface area contributed by atoms with Gasteiger partial charge in [-0.3, -0.25) is 9.48 Å². The number of hydrogen-bond acceptors (Lipinski definition) is 3. The van der Waals surface area contributed by atoms with E-state index < -0.39 is 17.7 Å². The molecule has 0 atom stereocenters. The quantitative estimate of drug-likeness (QED) is 0.861. The van der Waals surface area contributed by atoms with Crippen molar-refractivity contribution in [3.63, 3.8) is 0 Å². The molecule has 17 heavy (non-hydrogen) atoms. The molecular formula is C10H11F3N2O2. The molecule has 0 spiro atoms. The van der Waals surface area contributed by atoms with Gasteiger partial charge in [0.25, 0.3) is 0 Å². The molecule has 0 bridgehead atoms. The third kappa shape index (κ3) is 2.06. The molecule has 7 heteroatoms. The van der Waals surface area contributed by atoms with Crippen LogP contribution in [0.4, 0.5) is 13.2 Å². The summed E-state index contributed by atoms with van der Waals surface area (Å²) in [6.07, 6.45) is -3.58. The zero-order valence-electron chi connectivity index (χ0n) is 8.92. The molecule has 0 radical (unpaired) electrons. The summed E-state index contributed by atoms with van der Waals surface area (Å²) in [6.45, 7) is -0.328. The number of ketones is 1. The second-order valence-corrected chi connectivity index (χ2v) is 3.89. The van der Waals surface area contributed by atoms with Gasteiger partial charge in [-0.05, 0) is 12.8 Å². The highest BCUT2D eigenvalue weighted by molar-refractivity contribution is 5.99. The summed E-state index contributed by atoms with van der Waals surface area (Å²) in [5, 5.41) is 12.2. The monoisotopic (exact) mass is 248 g/mol. The first-order chi connectivity index (χ1) is 7.95. The highest BCUT2D eigenvalue weighted by Crippen LogP contribution is 2.35. The van der Waals surface area contributed by atoms with Crippen molar-refractivity contribution in [2.45, 2.75) is 32.0 Å². The SMILES string of the molecule is O=C1CCCc2c1c(C(F)(F)F)nn2CCO. The number of aliphatic hydroxyl groups is 1. The number of alkyl halides is 3. The van der Waals surface area contributed by atoms with E-state index in [4.69, 9.17) is 5.11 Å². The van der Waals surface area contributed by atoms with Crippen molar-refractivity contribution in [2.75, 3.05) is 6.61 Å². The fourth-order valence-corrected chi connectivity index (χ4v) is 2.06. The van der Waals surface area contributed by atoms with Crippen LogP contribution in [0.5, 0.6) is 0 Å². The standard InChI is InChI=1S/C10H11F3N2O2/c11-10(12,13)9-8-6(2-1-3-7(8)17)15(14-9)4-5-16/h16H,1-5H2. The number of carbonyl (C=O) groups is 1. The molecule has 94 valence electrons. The van der Waals surface area contributed by atoms with Crippen LogP contribution < -0.4 is 0 Å². The molecule has 0 saturated carbocycles. The van der Waals surface area contributed by atoms with Gasteiger partial charge >= 0.3 is 6.18 Å². The first kappa shape index (κ1) is 12.1. The van der Waals surface area contributed by atoms with Crippen molar-refractivity contribution < 1.29 is 23.1 Å². The van der Waals surface area contributed by atoms with Crippen molar-refractivity contribution in [3.8, 4) is 0 Å². The molecule has 1 aromatic heterocycles. The molecule has 0 aromatic carbocycles. The van der Waals surface area contributed by atoms with Crippen LogP contribution in [0.1, 0.15) is 34.6 Å². The van der Waals surface area contributed by atoms with Gasteiger partial charge in [0.2, 0.25) is 0 Å². The normalized spacial score (nSPS) is 16.1. The van der Waals surface area contributed by atoms with Crippen LogP contribution in [0.2, 0.25) is 0 Å². The van der Waals surface area contributed by atoms with E-state index in [9.17, 15) is 18.0 Å². The lowest BCUT2D eigenvalue weighted by atomic mass is 9.94. The molecule has 2 rings (SSSR count). The van der Waals surface area contributed by atoms with Crippen LogP contribution in [0.25, 0.3) is 0 Å². The maximum Gasteiger partial charge on any atom is 0.435 e. The van der Waals surface area contributed by atoms with Gasteiger partial charge in [0.05, 0.1) is 18.7 Å². The summed E-state index contributed by atoms with van der Waals surface area (Å²) >= 11 is 0. The minimum absolute atomic E-state index is 0.0221. The van der Waals surface area contributed by atoms with Crippen molar-refractivity contribution in [3.05, 3.63) is 17.0 Å². The Morgan fingerprint density at radius 2 is 2.06 bits per heavy atom. The van der Waals surface area contributed by atoms with E-state index in [0.29, 0.717) is 18.5 Å². The van der Waals surface area contributed by atoms with E-state index in [2.05, 4.69) is 5.10 Å². The predicted octanol–water partition coefficient (Wildman–Crippen LogP) is 1.41. The Kier molecular flexibility index (Phi) is 2.94. The van der Waals surface area contributed by atoms with Gasteiger partial charge in [0.15, 0.2) is 11.5 Å². The lowest BCUT2D eigenvalue weighted by Gasteiger charge is -2.13. The van der Waals surface area contributed by atoms with Crippen LogP contribution in [0.15, 0.2) is 0 Å². The maximum absolute atomic E-state index is 12.7. The van der Waals surface area contributed by atoms with Gasteiger partial charge < -0.3 is 5.11 Å². The molecule has 0 aliphatic heterocycles. The van der Waals surface area contributed by atoms with Gasteiger partial charge in [0.1, 0.15) is 0 Å². The number of aliphatic hydroxyl groups excluding tert-OH is 1. The number of Topliss-reactive ketones (excluding diaryl/α,β-unsaturated/α-hetero) is 1. The molecular weight excluding hydrogens is 237 g/mol. The van der Waals surface area contributed by atoms with E-state index in [1.807, 2.05) is 0 Å². The summed E-state index contributed by atoms with van der Waals surface area (Å²) in [6, 6.07) is 0. The molecule has 0 fully saturated rings. The zero-order valence-corrected chi connectivity index (χ0v) is 8.92. The molecule has 0 saturated heterocycles. The topological polar surface area (TPSA) is 55.1 Å². The van der Waals surface area contributed by atoms with Crippen LogP contribution in [0.3, 0.4) is 0 Å². The Hall–Kier alpha value is -1.37. The fraction of sp³-hybridized carbons (Fsp3) is 0.600. The maximum atomic E-state index is 12.7. The second-order valence-electron chi connectivity index (χ2n) is 3.89. The molecule has 0 amide bonds. The number of carbonyl (C=O) groups excluding carboxylic acids is 1. The zero-order chi connectivity index (χ0) is 12.6. The van der Waals surface area contributed by atoms with Gasteiger partial charge in [-0.15, -0.1) is 0 Å². The summed E-state index contributed by atoms with van der Waals surface area (Å²) < 4.78 is 39.2. The summed E-state index contributed by atoms with van der Waals surface area (Å²) in [5.74, 6) is -0.511. The number of fused-ring (bicyclic) bond motifs is 1. The van der Waals surface area contributed by atoms with Crippen molar-refractivity contribution in [1.29, 1.82) is 0 Å².